The maximum atomic E-state index is 11.1. The van der Waals surface area contributed by atoms with Crippen molar-refractivity contribution < 1.29 is 29.2 Å². The SMILES string of the molecule is COc1cc(Oc2ccc3nc(C4=NC(C(=O)O)CS4)sc3c2)cc(OC)c1O. The summed E-state index contributed by atoms with van der Waals surface area (Å²) in [6.07, 6.45) is 0. The van der Waals surface area contributed by atoms with Gasteiger partial charge in [-0.2, -0.15) is 0 Å². The first kappa shape index (κ1) is 19.3. The number of thiazole rings is 1. The van der Waals surface area contributed by atoms with Crippen LogP contribution in [-0.2, 0) is 4.79 Å². The number of hydrogen-bond donors (Lipinski definition) is 2. The number of aliphatic carboxylic acids is 1. The number of carboxylic acid groups (broad SMARTS) is 1. The summed E-state index contributed by atoms with van der Waals surface area (Å²) in [5, 5.41) is 20.5. The number of carboxylic acids is 1. The lowest BCUT2D eigenvalue weighted by molar-refractivity contribution is -0.137. The fourth-order valence-corrected chi connectivity index (χ4v) is 4.83. The van der Waals surface area contributed by atoms with E-state index in [0.29, 0.717) is 27.3 Å². The van der Waals surface area contributed by atoms with Crippen molar-refractivity contribution in [3.05, 3.63) is 35.3 Å². The van der Waals surface area contributed by atoms with Gasteiger partial charge in [-0.15, -0.1) is 23.1 Å². The molecule has 10 heteroatoms. The number of phenolic OH excluding ortho intramolecular Hbond substituents is 1. The summed E-state index contributed by atoms with van der Waals surface area (Å²) >= 11 is 2.82. The van der Waals surface area contributed by atoms with Crippen molar-refractivity contribution in [1.29, 1.82) is 0 Å². The second-order valence-corrected chi connectivity index (χ2v) is 8.07. The Bertz CT molecular complexity index is 1100. The molecule has 29 heavy (non-hydrogen) atoms. The van der Waals surface area contributed by atoms with Crippen molar-refractivity contribution >= 4 is 44.3 Å². The van der Waals surface area contributed by atoms with E-state index in [1.54, 1.807) is 18.2 Å². The van der Waals surface area contributed by atoms with E-state index >= 15 is 0 Å². The maximum Gasteiger partial charge on any atom is 0.329 e. The standard InChI is InChI=1S/C19H16N2O6S2/c1-25-13-5-10(6-14(26-2)16(13)22)27-9-3-4-11-15(7-9)29-18(20-11)17-21-12(8-28-17)19(23)24/h3-7,12,22H,8H2,1-2H3,(H,23,24). The number of fused-ring (bicyclic) bond motifs is 1. The second-order valence-electron chi connectivity index (χ2n) is 6.03. The molecule has 2 aromatic carbocycles. The molecule has 4 rings (SSSR count). The van der Waals surface area contributed by atoms with Crippen molar-refractivity contribution in [2.24, 2.45) is 4.99 Å². The summed E-state index contributed by atoms with van der Waals surface area (Å²) in [5.41, 5.74) is 0.778. The number of thioether (sulfide) groups is 1. The van der Waals surface area contributed by atoms with Crippen molar-refractivity contribution in [2.45, 2.75) is 6.04 Å². The quantitative estimate of drug-likeness (QED) is 0.606. The molecule has 0 saturated carbocycles. The third kappa shape index (κ3) is 3.81. The van der Waals surface area contributed by atoms with Crippen LogP contribution < -0.4 is 14.2 Å². The fraction of sp³-hybridized carbons (Fsp3) is 0.211. The van der Waals surface area contributed by atoms with Crippen LogP contribution in [0.15, 0.2) is 35.3 Å². The molecule has 150 valence electrons. The Morgan fingerprint density at radius 3 is 2.48 bits per heavy atom. The van der Waals surface area contributed by atoms with Gasteiger partial charge < -0.3 is 24.4 Å². The Balaban J connectivity index is 1.62. The predicted octanol–water partition coefficient (Wildman–Crippen LogP) is 3.76. The number of aromatic hydroxyl groups is 1. The molecule has 0 fully saturated rings. The van der Waals surface area contributed by atoms with E-state index in [-0.39, 0.29) is 17.2 Å². The lowest BCUT2D eigenvalue weighted by atomic mass is 10.2. The molecule has 3 aromatic rings. The third-order valence-corrected chi connectivity index (χ3v) is 6.38. The van der Waals surface area contributed by atoms with Crippen molar-refractivity contribution in [3.8, 4) is 28.7 Å². The van der Waals surface area contributed by atoms with Crippen LogP contribution >= 0.6 is 23.1 Å². The molecule has 1 unspecified atom stereocenters. The van der Waals surface area contributed by atoms with Gasteiger partial charge in [0.2, 0.25) is 5.75 Å². The number of aliphatic imine (C=N–C) groups is 1. The number of carbonyl (C=O) groups is 1. The first-order valence-electron chi connectivity index (χ1n) is 8.45. The lowest BCUT2D eigenvalue weighted by Gasteiger charge is -2.12. The summed E-state index contributed by atoms with van der Waals surface area (Å²) in [5.74, 6) is 0.893. The van der Waals surface area contributed by atoms with Crippen LogP contribution in [0.4, 0.5) is 0 Å². The van der Waals surface area contributed by atoms with E-state index in [4.69, 9.17) is 19.3 Å². The van der Waals surface area contributed by atoms with Gasteiger partial charge in [0.25, 0.3) is 0 Å². The van der Waals surface area contributed by atoms with Gasteiger partial charge in [-0.05, 0) is 12.1 Å². The molecule has 2 heterocycles. The molecule has 1 atom stereocenters. The van der Waals surface area contributed by atoms with Crippen LogP contribution in [0.2, 0.25) is 0 Å². The number of hydrogen-bond acceptors (Lipinski definition) is 9. The normalized spacial score (nSPS) is 15.9. The van der Waals surface area contributed by atoms with Gasteiger partial charge in [0.1, 0.15) is 21.6 Å². The van der Waals surface area contributed by atoms with Crippen molar-refractivity contribution in [1.82, 2.24) is 4.98 Å². The number of nitrogens with zero attached hydrogens (tertiary/aromatic N) is 2. The van der Waals surface area contributed by atoms with Gasteiger partial charge in [-0.3, -0.25) is 4.99 Å². The van der Waals surface area contributed by atoms with Gasteiger partial charge in [0.15, 0.2) is 17.5 Å². The molecule has 0 spiro atoms. The van der Waals surface area contributed by atoms with Crippen LogP contribution in [-0.4, -0.2) is 52.2 Å². The van der Waals surface area contributed by atoms with Crippen LogP contribution in [0.3, 0.4) is 0 Å². The Labute approximate surface area is 173 Å². The van der Waals surface area contributed by atoms with Gasteiger partial charge in [0, 0.05) is 24.0 Å². The average Bonchev–Trinajstić information content (AvgIpc) is 3.35. The zero-order valence-corrected chi connectivity index (χ0v) is 17.0. The van der Waals surface area contributed by atoms with Crippen LogP contribution in [0.1, 0.15) is 5.01 Å². The zero-order valence-electron chi connectivity index (χ0n) is 15.4. The Hall–Kier alpha value is -2.98. The van der Waals surface area contributed by atoms with E-state index in [0.717, 1.165) is 10.2 Å². The highest BCUT2D eigenvalue weighted by Gasteiger charge is 2.27. The molecular formula is C19H16N2O6S2. The van der Waals surface area contributed by atoms with E-state index in [9.17, 15) is 9.90 Å². The summed E-state index contributed by atoms with van der Waals surface area (Å²) in [4.78, 5) is 19.9. The number of phenols is 1. The molecule has 0 radical (unpaired) electrons. The molecule has 8 nitrogen and oxygen atoms in total. The van der Waals surface area contributed by atoms with Gasteiger partial charge in [-0.25, -0.2) is 9.78 Å². The predicted molar refractivity (Wildman–Crippen MR) is 111 cm³/mol. The highest BCUT2D eigenvalue weighted by molar-refractivity contribution is 8.15. The molecule has 2 N–H and O–H groups in total. The zero-order chi connectivity index (χ0) is 20.5. The minimum Gasteiger partial charge on any atom is -0.502 e. The Morgan fingerprint density at radius 2 is 1.86 bits per heavy atom. The van der Waals surface area contributed by atoms with Gasteiger partial charge >= 0.3 is 5.97 Å². The summed E-state index contributed by atoms with van der Waals surface area (Å²) < 4.78 is 17.1. The Kier molecular flexibility index (Phi) is 5.20. The Morgan fingerprint density at radius 1 is 1.14 bits per heavy atom. The molecule has 1 aliphatic rings. The first-order chi connectivity index (χ1) is 14.0. The minimum absolute atomic E-state index is 0.0978. The van der Waals surface area contributed by atoms with E-state index < -0.39 is 12.0 Å². The number of methoxy groups -OCH3 is 2. The maximum absolute atomic E-state index is 11.1. The third-order valence-electron chi connectivity index (χ3n) is 4.17. The lowest BCUT2D eigenvalue weighted by Crippen LogP contribution is -2.17. The number of benzene rings is 2. The van der Waals surface area contributed by atoms with Crippen LogP contribution in [0, 0.1) is 0 Å². The average molecular weight is 432 g/mol. The van der Waals surface area contributed by atoms with E-state index in [1.807, 2.05) is 12.1 Å². The molecule has 0 amide bonds. The summed E-state index contributed by atoms with van der Waals surface area (Å²) in [6.45, 7) is 0. The summed E-state index contributed by atoms with van der Waals surface area (Å²) in [7, 11) is 2.89. The van der Waals surface area contributed by atoms with E-state index in [1.165, 1.54) is 37.3 Å². The highest BCUT2D eigenvalue weighted by atomic mass is 32.2. The minimum atomic E-state index is -0.927. The topological polar surface area (TPSA) is 110 Å². The second kappa shape index (κ2) is 7.80. The highest BCUT2D eigenvalue weighted by Crippen LogP contribution is 2.41. The largest absolute Gasteiger partial charge is 0.502 e. The number of aromatic nitrogens is 1. The van der Waals surface area contributed by atoms with Crippen LogP contribution in [0.5, 0.6) is 28.7 Å². The van der Waals surface area contributed by atoms with Crippen molar-refractivity contribution in [2.75, 3.05) is 20.0 Å². The molecule has 1 aliphatic heterocycles. The summed E-state index contributed by atoms with van der Waals surface area (Å²) in [6, 6.07) is 7.86. The molecule has 1 aromatic heterocycles. The monoisotopic (exact) mass is 432 g/mol. The van der Waals surface area contributed by atoms with E-state index in [2.05, 4.69) is 9.98 Å². The first-order valence-corrected chi connectivity index (χ1v) is 10.3. The molecule has 0 saturated heterocycles. The van der Waals surface area contributed by atoms with Crippen LogP contribution in [0.25, 0.3) is 10.2 Å². The molecule has 0 bridgehead atoms. The smallest absolute Gasteiger partial charge is 0.329 e. The molecular weight excluding hydrogens is 416 g/mol. The number of ether oxygens (including phenoxy) is 3. The molecule has 0 aliphatic carbocycles. The van der Waals surface area contributed by atoms with Crippen molar-refractivity contribution in [3.63, 3.8) is 0 Å². The number of rotatable bonds is 6. The van der Waals surface area contributed by atoms with Gasteiger partial charge in [-0.1, -0.05) is 0 Å². The fourth-order valence-electron chi connectivity index (χ4n) is 2.74. The van der Waals surface area contributed by atoms with Gasteiger partial charge in [0.05, 0.1) is 24.4 Å².